The Hall–Kier alpha value is -4.26. The third kappa shape index (κ3) is 4.73. The number of para-hydroxylation sites is 1. The fourth-order valence-electron chi connectivity index (χ4n) is 3.16. The molecule has 1 heterocycles. The minimum atomic E-state index is -0.412. The van der Waals surface area contributed by atoms with E-state index in [-0.39, 0.29) is 5.91 Å². The van der Waals surface area contributed by atoms with E-state index in [0.717, 1.165) is 22.2 Å². The van der Waals surface area contributed by atoms with Gasteiger partial charge < -0.3 is 15.4 Å². The van der Waals surface area contributed by atoms with Crippen LogP contribution in [0.4, 0.5) is 17.3 Å². The summed E-state index contributed by atoms with van der Waals surface area (Å²) in [6.07, 6.45) is 1.77. The molecule has 0 unspecified atom stereocenters. The topological polar surface area (TPSA) is 93.2 Å². The average molecular weight is 426 g/mol. The van der Waals surface area contributed by atoms with Gasteiger partial charge in [0.1, 0.15) is 0 Å². The zero-order chi connectivity index (χ0) is 22.5. The minimum absolute atomic E-state index is 0.275. The summed E-state index contributed by atoms with van der Waals surface area (Å²) in [6.45, 7) is 3.96. The molecule has 32 heavy (non-hydrogen) atoms. The number of nitrogens with one attached hydrogen (secondary N) is 2. The summed E-state index contributed by atoms with van der Waals surface area (Å²) in [6, 6.07) is 19.7. The first-order chi connectivity index (χ1) is 15.5. The minimum Gasteiger partial charge on any atom is -0.462 e. The molecular weight excluding hydrogens is 404 g/mol. The Morgan fingerprint density at radius 3 is 2.50 bits per heavy atom. The highest BCUT2D eigenvalue weighted by atomic mass is 16.5. The van der Waals surface area contributed by atoms with E-state index in [2.05, 4.69) is 20.6 Å². The molecule has 2 N–H and O–H groups in total. The van der Waals surface area contributed by atoms with E-state index >= 15 is 0 Å². The Labute approximate surface area is 185 Å². The van der Waals surface area contributed by atoms with Gasteiger partial charge in [-0.15, -0.1) is 0 Å². The maximum absolute atomic E-state index is 12.7. The first-order valence-electron chi connectivity index (χ1n) is 10.2. The highest BCUT2D eigenvalue weighted by Gasteiger charge is 2.11. The Morgan fingerprint density at radius 1 is 0.969 bits per heavy atom. The number of ether oxygens (including phenoxy) is 1. The first kappa shape index (κ1) is 21.0. The van der Waals surface area contributed by atoms with Gasteiger partial charge in [0.25, 0.3) is 5.91 Å². The van der Waals surface area contributed by atoms with E-state index in [1.54, 1.807) is 37.4 Å². The van der Waals surface area contributed by atoms with Gasteiger partial charge in [0, 0.05) is 28.5 Å². The summed E-state index contributed by atoms with van der Waals surface area (Å²) in [7, 11) is 0. The maximum Gasteiger partial charge on any atom is 0.338 e. The van der Waals surface area contributed by atoms with Crippen LogP contribution in [0.15, 0.2) is 72.9 Å². The van der Waals surface area contributed by atoms with Crippen molar-refractivity contribution in [1.29, 1.82) is 0 Å². The summed E-state index contributed by atoms with van der Waals surface area (Å²) in [5.41, 5.74) is 4.01. The van der Waals surface area contributed by atoms with Crippen molar-refractivity contribution in [2.75, 3.05) is 17.2 Å². The molecule has 4 aromatic rings. The summed E-state index contributed by atoms with van der Waals surface area (Å²) < 4.78 is 4.97. The van der Waals surface area contributed by atoms with Gasteiger partial charge in [0.05, 0.1) is 17.7 Å². The van der Waals surface area contributed by atoms with Gasteiger partial charge >= 0.3 is 5.97 Å². The number of esters is 1. The van der Waals surface area contributed by atoms with Crippen LogP contribution in [-0.2, 0) is 4.74 Å². The molecule has 1 aromatic heterocycles. The molecule has 0 saturated heterocycles. The number of hydrogen-bond acceptors (Lipinski definition) is 6. The van der Waals surface area contributed by atoms with Gasteiger partial charge in [-0.25, -0.2) is 14.8 Å². The molecule has 0 spiro atoms. The fraction of sp³-hybridized carbons (Fsp3) is 0.120. The third-order valence-corrected chi connectivity index (χ3v) is 4.89. The highest BCUT2D eigenvalue weighted by Crippen LogP contribution is 2.23. The van der Waals surface area contributed by atoms with Crippen LogP contribution >= 0.6 is 0 Å². The number of aryl methyl sites for hydroxylation is 1. The molecule has 0 aliphatic rings. The number of carbonyl (C=O) groups excluding carboxylic acids is 2. The molecule has 0 radical (unpaired) electrons. The van der Waals surface area contributed by atoms with Gasteiger partial charge in [-0.05, 0) is 61.9 Å². The van der Waals surface area contributed by atoms with Crippen molar-refractivity contribution in [3.05, 3.63) is 89.6 Å². The number of benzene rings is 3. The summed E-state index contributed by atoms with van der Waals surface area (Å²) in [4.78, 5) is 33.4. The SMILES string of the molecule is CCOC(=O)c1ccc(C(=O)Nc2cc(Nc3ncc4ccccc4n3)ccc2C)cc1. The van der Waals surface area contributed by atoms with Crippen molar-refractivity contribution >= 4 is 40.1 Å². The lowest BCUT2D eigenvalue weighted by Crippen LogP contribution is -2.13. The number of anilines is 3. The van der Waals surface area contributed by atoms with Crippen LogP contribution in [0, 0.1) is 6.92 Å². The molecule has 0 bridgehead atoms. The van der Waals surface area contributed by atoms with Gasteiger partial charge in [-0.3, -0.25) is 4.79 Å². The second-order valence-electron chi connectivity index (χ2n) is 7.16. The van der Waals surface area contributed by atoms with E-state index < -0.39 is 5.97 Å². The van der Waals surface area contributed by atoms with E-state index in [1.165, 1.54) is 0 Å². The molecule has 1 amide bonds. The molecule has 0 aliphatic carbocycles. The zero-order valence-electron chi connectivity index (χ0n) is 17.8. The lowest BCUT2D eigenvalue weighted by atomic mass is 10.1. The van der Waals surface area contributed by atoms with E-state index in [9.17, 15) is 9.59 Å². The van der Waals surface area contributed by atoms with Gasteiger partial charge in [0.2, 0.25) is 5.95 Å². The second kappa shape index (κ2) is 9.26. The van der Waals surface area contributed by atoms with E-state index in [1.807, 2.05) is 49.4 Å². The van der Waals surface area contributed by atoms with Gasteiger partial charge in [-0.2, -0.15) is 0 Å². The van der Waals surface area contributed by atoms with Crippen molar-refractivity contribution in [3.63, 3.8) is 0 Å². The fourth-order valence-corrected chi connectivity index (χ4v) is 3.16. The molecule has 160 valence electrons. The number of carbonyl (C=O) groups is 2. The van der Waals surface area contributed by atoms with Crippen LogP contribution in [0.5, 0.6) is 0 Å². The number of rotatable bonds is 6. The van der Waals surface area contributed by atoms with Crippen LogP contribution in [-0.4, -0.2) is 28.5 Å². The predicted molar refractivity (Wildman–Crippen MR) is 124 cm³/mol. The third-order valence-electron chi connectivity index (χ3n) is 4.89. The zero-order valence-corrected chi connectivity index (χ0v) is 17.8. The summed E-state index contributed by atoms with van der Waals surface area (Å²) in [5, 5.41) is 7.07. The van der Waals surface area contributed by atoms with Crippen LogP contribution in [0.25, 0.3) is 10.9 Å². The van der Waals surface area contributed by atoms with Crippen LogP contribution in [0.2, 0.25) is 0 Å². The smallest absolute Gasteiger partial charge is 0.338 e. The van der Waals surface area contributed by atoms with Crippen molar-refractivity contribution < 1.29 is 14.3 Å². The molecule has 7 nitrogen and oxygen atoms in total. The molecule has 0 saturated carbocycles. The van der Waals surface area contributed by atoms with E-state index in [0.29, 0.717) is 29.4 Å². The Balaban J connectivity index is 1.49. The molecule has 4 rings (SSSR count). The number of nitrogens with zero attached hydrogens (tertiary/aromatic N) is 2. The van der Waals surface area contributed by atoms with Crippen molar-refractivity contribution in [3.8, 4) is 0 Å². The quantitative estimate of drug-likeness (QED) is 0.416. The summed E-state index contributed by atoms with van der Waals surface area (Å²) >= 11 is 0. The second-order valence-corrected chi connectivity index (χ2v) is 7.16. The van der Waals surface area contributed by atoms with Gasteiger partial charge in [-0.1, -0.05) is 24.3 Å². The highest BCUT2D eigenvalue weighted by molar-refractivity contribution is 6.05. The predicted octanol–water partition coefficient (Wildman–Crippen LogP) is 5.11. The van der Waals surface area contributed by atoms with Crippen LogP contribution in [0.3, 0.4) is 0 Å². The summed E-state index contributed by atoms with van der Waals surface area (Å²) in [5.74, 6) is -0.216. The maximum atomic E-state index is 12.7. The standard InChI is InChI=1S/C25H22N4O3/c1-3-32-24(31)18-11-9-17(10-12-18)23(30)28-22-14-20(13-8-16(22)2)27-25-26-15-19-6-4-5-7-21(19)29-25/h4-15H,3H2,1-2H3,(H,28,30)(H,26,27,29). The number of hydrogen-bond donors (Lipinski definition) is 2. The Morgan fingerprint density at radius 2 is 1.72 bits per heavy atom. The van der Waals surface area contributed by atoms with Crippen LogP contribution in [0.1, 0.15) is 33.2 Å². The molecular formula is C25H22N4O3. The molecule has 0 fully saturated rings. The Bertz CT molecular complexity index is 1290. The molecule has 0 atom stereocenters. The van der Waals surface area contributed by atoms with Crippen LogP contribution < -0.4 is 10.6 Å². The first-order valence-corrected chi connectivity index (χ1v) is 10.2. The molecule has 0 aliphatic heterocycles. The number of fused-ring (bicyclic) bond motifs is 1. The lowest BCUT2D eigenvalue weighted by Gasteiger charge is -2.12. The molecule has 7 heteroatoms. The normalized spacial score (nSPS) is 10.6. The number of aromatic nitrogens is 2. The van der Waals surface area contributed by atoms with Crippen molar-refractivity contribution in [2.24, 2.45) is 0 Å². The van der Waals surface area contributed by atoms with Crippen molar-refractivity contribution in [2.45, 2.75) is 13.8 Å². The lowest BCUT2D eigenvalue weighted by molar-refractivity contribution is 0.0526. The largest absolute Gasteiger partial charge is 0.462 e. The Kier molecular flexibility index (Phi) is 6.07. The van der Waals surface area contributed by atoms with E-state index in [4.69, 9.17) is 4.74 Å². The monoisotopic (exact) mass is 426 g/mol. The average Bonchev–Trinajstić information content (AvgIpc) is 2.81. The number of amides is 1. The van der Waals surface area contributed by atoms with Crippen molar-refractivity contribution in [1.82, 2.24) is 9.97 Å². The van der Waals surface area contributed by atoms with Gasteiger partial charge in [0.15, 0.2) is 0 Å². The molecule has 3 aromatic carbocycles.